The van der Waals surface area contributed by atoms with Crippen molar-refractivity contribution >= 4 is 40.6 Å². The lowest BCUT2D eigenvalue weighted by molar-refractivity contribution is -0.119. The molecular formula is C26H31ClFN7O2S. The van der Waals surface area contributed by atoms with Gasteiger partial charge in [-0.05, 0) is 50.2 Å². The number of benzene rings is 1. The molecule has 4 rings (SSSR count). The second-order valence-electron chi connectivity index (χ2n) is 9.35. The van der Waals surface area contributed by atoms with Crippen molar-refractivity contribution in [3.8, 4) is 11.3 Å². The van der Waals surface area contributed by atoms with Crippen LogP contribution in [0.15, 0.2) is 47.6 Å². The number of rotatable bonds is 10. The van der Waals surface area contributed by atoms with Gasteiger partial charge in [-0.25, -0.2) is 4.39 Å². The molecule has 12 heteroatoms. The summed E-state index contributed by atoms with van der Waals surface area (Å²) >= 11 is 7.41. The van der Waals surface area contributed by atoms with Crippen molar-refractivity contribution in [1.29, 1.82) is 0 Å². The predicted octanol–water partition coefficient (Wildman–Crippen LogP) is 3.76. The van der Waals surface area contributed by atoms with Crippen LogP contribution in [0.5, 0.6) is 0 Å². The normalized spacial score (nSPS) is 18.8. The van der Waals surface area contributed by atoms with Crippen molar-refractivity contribution in [2.75, 3.05) is 30.8 Å². The summed E-state index contributed by atoms with van der Waals surface area (Å²) in [6, 6.07) is 9.87. The summed E-state index contributed by atoms with van der Waals surface area (Å²) < 4.78 is 14.6. The average Bonchev–Trinajstić information content (AvgIpc) is 2.87. The molecule has 1 saturated heterocycles. The van der Waals surface area contributed by atoms with Gasteiger partial charge in [0.05, 0.1) is 29.7 Å². The topological polar surface area (TPSA) is 129 Å². The maximum atomic E-state index is 14.6. The van der Waals surface area contributed by atoms with Gasteiger partial charge < -0.3 is 21.5 Å². The highest BCUT2D eigenvalue weighted by Gasteiger charge is 2.30. The Morgan fingerprint density at radius 2 is 2.03 bits per heavy atom. The summed E-state index contributed by atoms with van der Waals surface area (Å²) in [6.07, 6.45) is 1.82. The van der Waals surface area contributed by atoms with E-state index in [1.165, 1.54) is 30.0 Å². The SMILES string of the molecule is CC1CN(C(CC(N)=O)c2cc(Nc3cc(-c4cc(Cl)ccc4F)nnc3SCCO)ccn2)CC(C)N1. The van der Waals surface area contributed by atoms with E-state index in [2.05, 4.69) is 44.6 Å². The first-order chi connectivity index (χ1) is 18.2. The molecule has 202 valence electrons. The van der Waals surface area contributed by atoms with E-state index in [-0.39, 0.29) is 36.7 Å². The third-order valence-electron chi connectivity index (χ3n) is 6.12. The standard InChI is InChI=1S/C26H31ClFN7O2S/c1-15-13-35(14-16(2)31-15)24(12-25(29)37)22-10-18(5-6-30-22)32-23-11-21(33-34-26(23)38-8-7-36)19-9-17(27)3-4-20(19)28/h3-6,9-11,15-16,24,31,36H,7-8,12-14H2,1-2H3,(H2,29,37)(H,30,32,33). The molecule has 38 heavy (non-hydrogen) atoms. The van der Waals surface area contributed by atoms with E-state index in [0.717, 1.165) is 13.1 Å². The third kappa shape index (κ3) is 7.17. The molecular weight excluding hydrogens is 529 g/mol. The van der Waals surface area contributed by atoms with Crippen LogP contribution in [-0.2, 0) is 4.79 Å². The van der Waals surface area contributed by atoms with E-state index in [0.29, 0.717) is 38.6 Å². The fourth-order valence-electron chi connectivity index (χ4n) is 4.64. The van der Waals surface area contributed by atoms with Gasteiger partial charge in [-0.15, -0.1) is 22.0 Å². The predicted molar refractivity (Wildman–Crippen MR) is 148 cm³/mol. The zero-order valence-electron chi connectivity index (χ0n) is 21.2. The second kappa shape index (κ2) is 12.8. The van der Waals surface area contributed by atoms with Crippen molar-refractivity contribution in [3.63, 3.8) is 0 Å². The number of pyridine rings is 1. The number of carbonyl (C=O) groups is 1. The Labute approximate surface area is 230 Å². The molecule has 9 nitrogen and oxygen atoms in total. The summed E-state index contributed by atoms with van der Waals surface area (Å²) in [5, 5.41) is 25.6. The number of amides is 1. The van der Waals surface area contributed by atoms with Gasteiger partial charge in [0.15, 0.2) is 0 Å². The van der Waals surface area contributed by atoms with Gasteiger partial charge in [-0.3, -0.25) is 14.7 Å². The Morgan fingerprint density at radius 3 is 2.74 bits per heavy atom. The molecule has 3 heterocycles. The molecule has 1 fully saturated rings. The maximum Gasteiger partial charge on any atom is 0.219 e. The van der Waals surface area contributed by atoms with Crippen molar-refractivity contribution < 1.29 is 14.3 Å². The van der Waals surface area contributed by atoms with E-state index in [4.69, 9.17) is 17.3 Å². The summed E-state index contributed by atoms with van der Waals surface area (Å²) in [5.41, 5.74) is 8.17. The highest BCUT2D eigenvalue weighted by Crippen LogP contribution is 2.33. The zero-order chi connectivity index (χ0) is 27.2. The molecule has 1 aliphatic heterocycles. The number of hydrogen-bond acceptors (Lipinski definition) is 9. The number of aliphatic hydroxyl groups excluding tert-OH is 1. The first kappa shape index (κ1) is 28.2. The van der Waals surface area contributed by atoms with Crippen molar-refractivity contribution in [2.45, 2.75) is 43.4 Å². The molecule has 1 aliphatic rings. The molecule has 0 spiro atoms. The molecule has 5 N–H and O–H groups in total. The van der Waals surface area contributed by atoms with Crippen LogP contribution in [-0.4, -0.2) is 68.6 Å². The van der Waals surface area contributed by atoms with Crippen LogP contribution >= 0.6 is 23.4 Å². The average molecular weight is 560 g/mol. The number of thioether (sulfide) groups is 1. The Kier molecular flexibility index (Phi) is 9.50. The molecule has 2 aromatic heterocycles. The fraction of sp³-hybridized carbons (Fsp3) is 0.385. The minimum absolute atomic E-state index is 0.0355. The third-order valence-corrected chi connectivity index (χ3v) is 7.31. The van der Waals surface area contributed by atoms with Crippen LogP contribution in [0.1, 0.15) is 32.0 Å². The smallest absolute Gasteiger partial charge is 0.219 e. The molecule has 1 aromatic carbocycles. The van der Waals surface area contributed by atoms with Gasteiger partial charge in [0, 0.05) is 59.8 Å². The largest absolute Gasteiger partial charge is 0.396 e. The number of hydrogen-bond donors (Lipinski definition) is 4. The molecule has 3 atom stereocenters. The summed E-state index contributed by atoms with van der Waals surface area (Å²) in [4.78, 5) is 18.8. The number of piperazine rings is 1. The second-order valence-corrected chi connectivity index (χ2v) is 10.9. The van der Waals surface area contributed by atoms with Crippen LogP contribution in [0, 0.1) is 5.82 Å². The minimum atomic E-state index is -0.467. The molecule has 0 bridgehead atoms. The minimum Gasteiger partial charge on any atom is -0.396 e. The number of carbonyl (C=O) groups excluding carboxylic acids is 1. The van der Waals surface area contributed by atoms with Crippen molar-refractivity contribution in [3.05, 3.63) is 59.1 Å². The monoisotopic (exact) mass is 559 g/mol. The molecule has 0 radical (unpaired) electrons. The quantitative estimate of drug-likeness (QED) is 0.274. The Balaban J connectivity index is 1.67. The van der Waals surface area contributed by atoms with Gasteiger partial charge in [-0.1, -0.05) is 11.6 Å². The highest BCUT2D eigenvalue weighted by atomic mass is 35.5. The molecule has 3 unspecified atom stereocenters. The first-order valence-electron chi connectivity index (χ1n) is 12.3. The van der Waals surface area contributed by atoms with E-state index < -0.39 is 11.7 Å². The number of nitrogens with zero attached hydrogens (tertiary/aromatic N) is 4. The molecule has 0 aliphatic carbocycles. The Hall–Kier alpha value is -2.83. The number of aliphatic hydroxyl groups is 1. The number of nitrogens with one attached hydrogen (secondary N) is 2. The lowest BCUT2D eigenvalue weighted by atomic mass is 10.0. The molecule has 3 aromatic rings. The number of primary amides is 1. The van der Waals surface area contributed by atoms with Crippen LogP contribution < -0.4 is 16.4 Å². The van der Waals surface area contributed by atoms with E-state index in [9.17, 15) is 14.3 Å². The van der Waals surface area contributed by atoms with E-state index in [1.807, 2.05) is 6.07 Å². The highest BCUT2D eigenvalue weighted by molar-refractivity contribution is 7.99. The maximum absolute atomic E-state index is 14.6. The van der Waals surface area contributed by atoms with Crippen LogP contribution in [0.4, 0.5) is 15.8 Å². The van der Waals surface area contributed by atoms with Crippen LogP contribution in [0.25, 0.3) is 11.3 Å². The van der Waals surface area contributed by atoms with E-state index in [1.54, 1.807) is 18.3 Å². The first-order valence-corrected chi connectivity index (χ1v) is 13.7. The number of nitrogens with two attached hydrogens (primary N) is 1. The van der Waals surface area contributed by atoms with Crippen LogP contribution in [0.3, 0.4) is 0 Å². The fourth-order valence-corrected chi connectivity index (χ4v) is 5.46. The summed E-state index contributed by atoms with van der Waals surface area (Å²) in [5.74, 6) is -0.454. The zero-order valence-corrected chi connectivity index (χ0v) is 22.8. The van der Waals surface area contributed by atoms with Crippen LogP contribution in [0.2, 0.25) is 5.02 Å². The summed E-state index contributed by atoms with van der Waals surface area (Å²) in [7, 11) is 0. The number of aromatic nitrogens is 3. The molecule has 1 amide bonds. The Morgan fingerprint density at radius 1 is 1.26 bits per heavy atom. The lowest BCUT2D eigenvalue weighted by Gasteiger charge is -2.40. The number of anilines is 2. The van der Waals surface area contributed by atoms with Gasteiger partial charge >= 0.3 is 0 Å². The van der Waals surface area contributed by atoms with Gasteiger partial charge in [-0.2, -0.15) is 0 Å². The van der Waals surface area contributed by atoms with Crippen molar-refractivity contribution in [2.24, 2.45) is 5.73 Å². The van der Waals surface area contributed by atoms with Gasteiger partial charge in [0.2, 0.25) is 5.91 Å². The van der Waals surface area contributed by atoms with E-state index >= 15 is 0 Å². The molecule has 0 saturated carbocycles. The Bertz CT molecular complexity index is 1270. The van der Waals surface area contributed by atoms with Gasteiger partial charge in [0.25, 0.3) is 0 Å². The number of halogens is 2. The van der Waals surface area contributed by atoms with Crippen molar-refractivity contribution in [1.82, 2.24) is 25.4 Å². The summed E-state index contributed by atoms with van der Waals surface area (Å²) in [6.45, 7) is 5.69. The lowest BCUT2D eigenvalue weighted by Crippen LogP contribution is -2.55. The van der Waals surface area contributed by atoms with Gasteiger partial charge in [0.1, 0.15) is 10.8 Å².